The van der Waals surface area contributed by atoms with Crippen molar-refractivity contribution < 1.29 is 4.74 Å². The van der Waals surface area contributed by atoms with Gasteiger partial charge in [-0.1, -0.05) is 29.8 Å². The molecule has 6 heteroatoms. The third-order valence-corrected chi connectivity index (χ3v) is 6.08. The summed E-state index contributed by atoms with van der Waals surface area (Å²) < 4.78 is 7.60. The summed E-state index contributed by atoms with van der Waals surface area (Å²) in [7, 11) is 1.70. The molecule has 2 aromatic heterocycles. The van der Waals surface area contributed by atoms with Crippen LogP contribution in [0, 0.1) is 27.7 Å². The number of fused-ring (bicyclic) bond motifs is 3. The maximum Gasteiger partial charge on any atom is 0.165 e. The number of hydrogen-bond donors (Lipinski definition) is 0. The number of hydrogen-bond acceptors (Lipinski definition) is 5. The Labute approximate surface area is 157 Å². The molecule has 5 nitrogen and oxygen atoms in total. The lowest BCUT2D eigenvalue weighted by atomic mass is 9.99. The highest BCUT2D eigenvalue weighted by molar-refractivity contribution is 7.15. The van der Waals surface area contributed by atoms with Gasteiger partial charge in [-0.25, -0.2) is 0 Å². The van der Waals surface area contributed by atoms with Gasteiger partial charge < -0.3 is 4.74 Å². The first-order valence-electron chi connectivity index (χ1n) is 8.67. The molecule has 0 N–H and O–H groups in total. The van der Waals surface area contributed by atoms with Crippen LogP contribution in [0.3, 0.4) is 0 Å². The molecule has 1 unspecified atom stereocenters. The smallest absolute Gasteiger partial charge is 0.165 e. The van der Waals surface area contributed by atoms with E-state index in [1.807, 2.05) is 6.92 Å². The van der Waals surface area contributed by atoms with Crippen molar-refractivity contribution in [3.05, 3.63) is 63.0 Å². The predicted molar refractivity (Wildman–Crippen MR) is 105 cm³/mol. The third kappa shape index (κ3) is 2.61. The van der Waals surface area contributed by atoms with Crippen LogP contribution < -0.4 is 0 Å². The molecule has 26 heavy (non-hydrogen) atoms. The zero-order chi connectivity index (χ0) is 18.4. The van der Waals surface area contributed by atoms with Crippen molar-refractivity contribution in [3.8, 4) is 5.00 Å². The summed E-state index contributed by atoms with van der Waals surface area (Å²) in [5, 5.41) is 9.89. The van der Waals surface area contributed by atoms with Crippen LogP contribution in [0.1, 0.15) is 44.8 Å². The fourth-order valence-electron chi connectivity index (χ4n) is 3.37. The van der Waals surface area contributed by atoms with Crippen molar-refractivity contribution in [1.82, 2.24) is 14.8 Å². The quantitative estimate of drug-likeness (QED) is 0.701. The van der Waals surface area contributed by atoms with Gasteiger partial charge in [-0.3, -0.25) is 9.56 Å². The molecule has 0 saturated heterocycles. The Hall–Kier alpha value is -2.31. The molecule has 0 bridgehead atoms. The lowest BCUT2D eigenvalue weighted by molar-refractivity contribution is 0.178. The molecule has 0 spiro atoms. The Kier molecular flexibility index (Phi) is 4.25. The molecule has 0 saturated carbocycles. The number of aryl methyl sites for hydroxylation is 3. The summed E-state index contributed by atoms with van der Waals surface area (Å²) in [4.78, 5) is 6.40. The van der Waals surface area contributed by atoms with E-state index in [9.17, 15) is 0 Å². The van der Waals surface area contributed by atoms with Gasteiger partial charge in [0.2, 0.25) is 0 Å². The molecule has 1 aliphatic heterocycles. The summed E-state index contributed by atoms with van der Waals surface area (Å²) in [5.74, 6) is 1.72. The zero-order valence-electron chi connectivity index (χ0n) is 15.7. The van der Waals surface area contributed by atoms with E-state index in [0.29, 0.717) is 6.61 Å². The van der Waals surface area contributed by atoms with Gasteiger partial charge in [-0.2, -0.15) is 0 Å². The average Bonchev–Trinajstić information content (AvgIpc) is 3.09. The van der Waals surface area contributed by atoms with Crippen LogP contribution in [0.5, 0.6) is 0 Å². The second-order valence-electron chi connectivity index (χ2n) is 6.72. The molecule has 3 heterocycles. The van der Waals surface area contributed by atoms with Gasteiger partial charge in [0.25, 0.3) is 0 Å². The Bertz CT molecular complexity index is 998. The van der Waals surface area contributed by atoms with E-state index >= 15 is 0 Å². The van der Waals surface area contributed by atoms with Crippen molar-refractivity contribution in [3.63, 3.8) is 0 Å². The lowest BCUT2D eigenvalue weighted by Gasteiger charge is -2.11. The van der Waals surface area contributed by atoms with Gasteiger partial charge in [0.05, 0.1) is 12.3 Å². The largest absolute Gasteiger partial charge is 0.382 e. The monoisotopic (exact) mass is 366 g/mol. The van der Waals surface area contributed by atoms with Crippen molar-refractivity contribution in [2.75, 3.05) is 13.7 Å². The molecule has 1 atom stereocenters. The van der Waals surface area contributed by atoms with Crippen LogP contribution >= 0.6 is 11.3 Å². The fourth-order valence-corrected chi connectivity index (χ4v) is 4.58. The standard InChI is InChI=1S/C20H22N4OS/c1-11-6-8-15(9-7-11)18-17-12(2)13(3)26-20(17)24-14(4)22-23-19(24)16(21-18)10-25-5/h6-9,16H,10H2,1-5H3. The summed E-state index contributed by atoms with van der Waals surface area (Å²) in [6.45, 7) is 8.89. The highest BCUT2D eigenvalue weighted by atomic mass is 32.1. The molecule has 1 aliphatic rings. The number of rotatable bonds is 3. The molecular weight excluding hydrogens is 344 g/mol. The molecule has 1 aromatic carbocycles. The molecule has 0 radical (unpaired) electrons. The van der Waals surface area contributed by atoms with Crippen LogP contribution in [0.15, 0.2) is 29.3 Å². The summed E-state index contributed by atoms with van der Waals surface area (Å²) in [6.07, 6.45) is 0. The first kappa shape index (κ1) is 17.1. The number of methoxy groups -OCH3 is 1. The SMILES string of the molecule is COCC1N=C(c2ccc(C)cc2)c2c(sc(C)c2C)-n2c(C)nnc21. The minimum atomic E-state index is -0.184. The van der Waals surface area contributed by atoms with Crippen LogP contribution in [0.4, 0.5) is 0 Å². The topological polar surface area (TPSA) is 52.3 Å². The van der Waals surface area contributed by atoms with E-state index in [-0.39, 0.29) is 6.04 Å². The van der Waals surface area contributed by atoms with E-state index in [1.54, 1.807) is 18.4 Å². The zero-order valence-corrected chi connectivity index (χ0v) is 16.5. The van der Waals surface area contributed by atoms with E-state index in [4.69, 9.17) is 9.73 Å². The fraction of sp³-hybridized carbons (Fsp3) is 0.350. The second kappa shape index (κ2) is 6.45. The highest BCUT2D eigenvalue weighted by Crippen LogP contribution is 2.38. The number of benzene rings is 1. The van der Waals surface area contributed by atoms with Crippen molar-refractivity contribution >= 4 is 17.0 Å². The molecule has 0 aliphatic carbocycles. The predicted octanol–water partition coefficient (Wildman–Crippen LogP) is 4.10. The van der Waals surface area contributed by atoms with Crippen molar-refractivity contribution in [2.24, 2.45) is 4.99 Å². The van der Waals surface area contributed by atoms with Crippen molar-refractivity contribution in [2.45, 2.75) is 33.7 Å². The Balaban J connectivity index is 2.03. The molecule has 0 fully saturated rings. The van der Waals surface area contributed by atoms with Crippen LogP contribution in [0.25, 0.3) is 5.00 Å². The third-order valence-electron chi connectivity index (χ3n) is 4.89. The van der Waals surface area contributed by atoms with Gasteiger partial charge in [0, 0.05) is 23.1 Å². The van der Waals surface area contributed by atoms with E-state index < -0.39 is 0 Å². The first-order chi connectivity index (χ1) is 12.5. The number of nitrogens with zero attached hydrogens (tertiary/aromatic N) is 4. The normalized spacial score (nSPS) is 16.0. The number of aromatic nitrogens is 3. The summed E-state index contributed by atoms with van der Waals surface area (Å²) in [5.41, 5.74) is 5.81. The van der Waals surface area contributed by atoms with Gasteiger partial charge in [0.15, 0.2) is 5.82 Å². The van der Waals surface area contributed by atoms with E-state index in [2.05, 4.69) is 59.8 Å². The van der Waals surface area contributed by atoms with Crippen LogP contribution in [0.2, 0.25) is 0 Å². The van der Waals surface area contributed by atoms with Crippen molar-refractivity contribution in [1.29, 1.82) is 0 Å². The minimum Gasteiger partial charge on any atom is -0.382 e. The summed E-state index contributed by atoms with van der Waals surface area (Å²) in [6, 6.07) is 8.37. The highest BCUT2D eigenvalue weighted by Gasteiger charge is 2.31. The van der Waals surface area contributed by atoms with Gasteiger partial charge in [0.1, 0.15) is 16.9 Å². The van der Waals surface area contributed by atoms with Crippen LogP contribution in [-0.4, -0.2) is 34.2 Å². The Morgan fingerprint density at radius 2 is 1.81 bits per heavy atom. The molecular formula is C20H22N4OS. The maximum atomic E-state index is 5.45. The Morgan fingerprint density at radius 3 is 2.50 bits per heavy atom. The molecule has 134 valence electrons. The Morgan fingerprint density at radius 1 is 1.08 bits per heavy atom. The maximum absolute atomic E-state index is 5.45. The van der Waals surface area contributed by atoms with E-state index in [1.165, 1.54) is 21.6 Å². The molecule has 0 amide bonds. The second-order valence-corrected chi connectivity index (χ2v) is 7.92. The first-order valence-corrected chi connectivity index (χ1v) is 9.49. The summed E-state index contributed by atoms with van der Waals surface area (Å²) >= 11 is 1.77. The van der Waals surface area contributed by atoms with Gasteiger partial charge in [-0.15, -0.1) is 21.5 Å². The number of thiophene rings is 1. The number of ether oxygens (including phenoxy) is 1. The van der Waals surface area contributed by atoms with Gasteiger partial charge >= 0.3 is 0 Å². The minimum absolute atomic E-state index is 0.184. The number of aliphatic imine (C=N–C) groups is 1. The van der Waals surface area contributed by atoms with Gasteiger partial charge in [-0.05, 0) is 33.3 Å². The molecule has 3 aromatic rings. The lowest BCUT2D eigenvalue weighted by Crippen LogP contribution is -2.11. The average molecular weight is 366 g/mol. The molecule has 4 rings (SSSR count). The van der Waals surface area contributed by atoms with E-state index in [0.717, 1.165) is 27.9 Å². The van der Waals surface area contributed by atoms with Crippen LogP contribution in [-0.2, 0) is 4.74 Å².